The van der Waals surface area contributed by atoms with Crippen molar-refractivity contribution < 1.29 is 18.0 Å². The van der Waals surface area contributed by atoms with E-state index in [-0.39, 0.29) is 16.5 Å². The Labute approximate surface area is 187 Å². The summed E-state index contributed by atoms with van der Waals surface area (Å²) in [6.45, 7) is 3.54. The first-order valence-corrected chi connectivity index (χ1v) is 11.3. The molecule has 3 aromatic rings. The normalized spacial score (nSPS) is 10.8. The molecule has 32 heavy (non-hydrogen) atoms. The summed E-state index contributed by atoms with van der Waals surface area (Å²) in [6.07, 6.45) is 0. The molecular formula is C23H24N4O4S. The average Bonchev–Trinajstić information content (AvgIpc) is 2.76. The maximum absolute atomic E-state index is 12.9. The van der Waals surface area contributed by atoms with E-state index in [1.165, 1.54) is 19.2 Å². The molecule has 0 heterocycles. The number of urea groups is 1. The van der Waals surface area contributed by atoms with E-state index in [1.54, 1.807) is 62.4 Å². The van der Waals surface area contributed by atoms with Crippen molar-refractivity contribution in [3.05, 3.63) is 83.4 Å². The summed E-state index contributed by atoms with van der Waals surface area (Å²) in [5.41, 5.74) is 3.21. The lowest BCUT2D eigenvalue weighted by molar-refractivity contribution is 0.102. The molecule has 8 nitrogen and oxygen atoms in total. The molecule has 0 spiro atoms. The van der Waals surface area contributed by atoms with Crippen LogP contribution in [0.2, 0.25) is 0 Å². The number of amides is 3. The first kappa shape index (κ1) is 22.8. The lowest BCUT2D eigenvalue weighted by Crippen LogP contribution is -2.24. The molecule has 3 rings (SSSR count). The van der Waals surface area contributed by atoms with E-state index in [9.17, 15) is 18.0 Å². The summed E-state index contributed by atoms with van der Waals surface area (Å²) in [5.74, 6) is -0.442. The van der Waals surface area contributed by atoms with Crippen LogP contribution in [0.15, 0.2) is 71.6 Å². The fourth-order valence-electron chi connectivity index (χ4n) is 2.93. The minimum absolute atomic E-state index is 0.0124. The smallest absolute Gasteiger partial charge is 0.318 e. The van der Waals surface area contributed by atoms with Crippen molar-refractivity contribution in [3.8, 4) is 0 Å². The molecule has 0 radical (unpaired) electrons. The van der Waals surface area contributed by atoms with Gasteiger partial charge in [0, 0.05) is 24.0 Å². The van der Waals surface area contributed by atoms with Gasteiger partial charge in [-0.2, -0.15) is 0 Å². The zero-order valence-corrected chi connectivity index (χ0v) is 18.7. The zero-order valence-electron chi connectivity index (χ0n) is 17.9. The fraction of sp³-hybridized carbons (Fsp3) is 0.130. The predicted octanol–water partition coefficient (Wildman–Crippen LogP) is 4.11. The van der Waals surface area contributed by atoms with Gasteiger partial charge in [0.2, 0.25) is 0 Å². The Kier molecular flexibility index (Phi) is 6.79. The number of benzene rings is 3. The second kappa shape index (κ2) is 9.52. The van der Waals surface area contributed by atoms with E-state index in [0.717, 1.165) is 5.56 Å². The number of rotatable bonds is 6. The summed E-state index contributed by atoms with van der Waals surface area (Å²) in [7, 11) is -2.37. The Hall–Kier alpha value is -3.85. The minimum atomic E-state index is -3.88. The third-order valence-electron chi connectivity index (χ3n) is 4.78. The van der Waals surface area contributed by atoms with Gasteiger partial charge in [0.25, 0.3) is 15.9 Å². The van der Waals surface area contributed by atoms with Gasteiger partial charge in [-0.15, -0.1) is 0 Å². The molecule has 9 heteroatoms. The van der Waals surface area contributed by atoms with Gasteiger partial charge in [-0.05, 0) is 67.4 Å². The molecule has 3 amide bonds. The molecule has 0 atom stereocenters. The molecular weight excluding hydrogens is 428 g/mol. The van der Waals surface area contributed by atoms with Crippen molar-refractivity contribution in [1.29, 1.82) is 0 Å². The van der Waals surface area contributed by atoms with Gasteiger partial charge in [0.1, 0.15) is 0 Å². The molecule has 0 fully saturated rings. The number of nitrogens with one attached hydrogen (secondary N) is 4. The third kappa shape index (κ3) is 5.44. The van der Waals surface area contributed by atoms with Crippen LogP contribution >= 0.6 is 0 Å². The number of anilines is 3. The minimum Gasteiger partial charge on any atom is -0.341 e. The van der Waals surface area contributed by atoms with Crippen LogP contribution in [0.25, 0.3) is 0 Å². The van der Waals surface area contributed by atoms with E-state index in [4.69, 9.17) is 0 Å². The highest BCUT2D eigenvalue weighted by atomic mass is 32.2. The molecule has 4 N–H and O–H groups in total. The number of hydrogen-bond acceptors (Lipinski definition) is 4. The Morgan fingerprint density at radius 2 is 1.41 bits per heavy atom. The van der Waals surface area contributed by atoms with Gasteiger partial charge in [0.05, 0.1) is 10.6 Å². The maximum atomic E-state index is 12.9. The molecule has 0 saturated heterocycles. The predicted molar refractivity (Wildman–Crippen MR) is 126 cm³/mol. The van der Waals surface area contributed by atoms with Crippen LogP contribution in [-0.4, -0.2) is 27.4 Å². The largest absolute Gasteiger partial charge is 0.341 e. The Bertz CT molecular complexity index is 1260. The third-order valence-corrected chi connectivity index (χ3v) is 6.14. The van der Waals surface area contributed by atoms with Gasteiger partial charge >= 0.3 is 6.03 Å². The van der Waals surface area contributed by atoms with Gasteiger partial charge < -0.3 is 16.0 Å². The van der Waals surface area contributed by atoms with Crippen LogP contribution in [0.4, 0.5) is 21.9 Å². The Morgan fingerprint density at radius 3 is 2.03 bits per heavy atom. The van der Waals surface area contributed by atoms with Crippen LogP contribution in [0, 0.1) is 13.8 Å². The molecule has 0 aliphatic rings. The molecule has 0 aliphatic heterocycles. The summed E-state index contributed by atoms with van der Waals surface area (Å²) in [5, 5.41) is 7.82. The van der Waals surface area contributed by atoms with E-state index in [0.29, 0.717) is 22.6 Å². The van der Waals surface area contributed by atoms with E-state index < -0.39 is 15.9 Å². The fourth-order valence-corrected chi connectivity index (χ4v) is 4.09. The molecule has 0 aliphatic carbocycles. The first-order chi connectivity index (χ1) is 15.2. The van der Waals surface area contributed by atoms with E-state index in [2.05, 4.69) is 20.7 Å². The molecule has 166 valence electrons. The zero-order chi connectivity index (χ0) is 23.3. The van der Waals surface area contributed by atoms with E-state index >= 15 is 0 Å². The number of carbonyl (C=O) groups excluding carboxylic acids is 2. The van der Waals surface area contributed by atoms with Crippen LogP contribution in [0.5, 0.6) is 0 Å². The Balaban J connectivity index is 1.80. The molecule has 3 aromatic carbocycles. The van der Waals surface area contributed by atoms with Crippen LogP contribution < -0.4 is 20.7 Å². The van der Waals surface area contributed by atoms with Crippen LogP contribution in [0.1, 0.15) is 21.5 Å². The highest BCUT2D eigenvalue weighted by molar-refractivity contribution is 7.92. The lowest BCUT2D eigenvalue weighted by Gasteiger charge is -2.13. The van der Waals surface area contributed by atoms with Crippen molar-refractivity contribution in [2.45, 2.75) is 18.7 Å². The number of para-hydroxylation sites is 1. The highest BCUT2D eigenvalue weighted by Gasteiger charge is 2.19. The van der Waals surface area contributed by atoms with Gasteiger partial charge in [-0.1, -0.05) is 24.3 Å². The number of aryl methyl sites for hydroxylation is 2. The van der Waals surface area contributed by atoms with Crippen LogP contribution in [-0.2, 0) is 10.0 Å². The number of sulfonamides is 1. The molecule has 0 aromatic heterocycles. The number of carbonyl (C=O) groups is 2. The van der Waals surface area contributed by atoms with Crippen molar-refractivity contribution in [3.63, 3.8) is 0 Å². The second-order valence-corrected chi connectivity index (χ2v) is 8.82. The van der Waals surface area contributed by atoms with Crippen molar-refractivity contribution in [1.82, 2.24) is 5.32 Å². The van der Waals surface area contributed by atoms with Gasteiger partial charge in [-0.25, -0.2) is 13.2 Å². The maximum Gasteiger partial charge on any atom is 0.318 e. The average molecular weight is 453 g/mol. The summed E-state index contributed by atoms with van der Waals surface area (Å²) in [6, 6.07) is 17.7. The topological polar surface area (TPSA) is 116 Å². The highest BCUT2D eigenvalue weighted by Crippen LogP contribution is 2.22. The van der Waals surface area contributed by atoms with Crippen LogP contribution in [0.3, 0.4) is 0 Å². The first-order valence-electron chi connectivity index (χ1n) is 9.79. The number of hydrogen-bond donors (Lipinski definition) is 4. The molecule has 0 bridgehead atoms. The summed E-state index contributed by atoms with van der Waals surface area (Å²) < 4.78 is 28.3. The quantitative estimate of drug-likeness (QED) is 0.450. The van der Waals surface area contributed by atoms with E-state index in [1.807, 2.05) is 6.07 Å². The van der Waals surface area contributed by atoms with Gasteiger partial charge in [0.15, 0.2) is 0 Å². The lowest BCUT2D eigenvalue weighted by atomic mass is 10.1. The molecule has 0 unspecified atom stereocenters. The van der Waals surface area contributed by atoms with Crippen molar-refractivity contribution in [2.75, 3.05) is 22.4 Å². The molecule has 0 saturated carbocycles. The Morgan fingerprint density at radius 1 is 0.781 bits per heavy atom. The van der Waals surface area contributed by atoms with Gasteiger partial charge in [-0.3, -0.25) is 9.52 Å². The summed E-state index contributed by atoms with van der Waals surface area (Å²) >= 11 is 0. The second-order valence-electron chi connectivity index (χ2n) is 7.13. The summed E-state index contributed by atoms with van der Waals surface area (Å²) in [4.78, 5) is 24.2. The monoisotopic (exact) mass is 452 g/mol. The SMILES string of the molecule is CNC(=O)Nc1ccc(NC(=O)c2cc(S(=O)(=O)Nc3ccccc3C)ccc2C)cc1. The van der Waals surface area contributed by atoms with Crippen molar-refractivity contribution in [2.24, 2.45) is 0 Å². The standard InChI is InChI=1S/C23H24N4O4S/c1-15-8-13-19(32(30,31)27-21-7-5-4-6-16(21)2)14-20(15)22(28)25-17-9-11-18(12-10-17)26-23(29)24-3/h4-14,27H,1-3H3,(H,25,28)(H2,24,26,29). The van der Waals surface area contributed by atoms with Crippen molar-refractivity contribution >= 4 is 39.0 Å².